The first-order chi connectivity index (χ1) is 18.5. The summed E-state index contributed by atoms with van der Waals surface area (Å²) in [5, 5.41) is 6.39. The second-order valence-corrected chi connectivity index (χ2v) is 10.6. The summed E-state index contributed by atoms with van der Waals surface area (Å²) in [5.74, 6) is 0.837. The lowest BCUT2D eigenvalue weighted by atomic mass is 10.0. The molecule has 3 heterocycles. The van der Waals surface area contributed by atoms with Crippen LogP contribution in [-0.2, 0) is 24.4 Å². The Hall–Kier alpha value is -3.84. The van der Waals surface area contributed by atoms with E-state index < -0.39 is 0 Å². The van der Waals surface area contributed by atoms with Gasteiger partial charge in [0, 0.05) is 45.0 Å². The summed E-state index contributed by atoms with van der Waals surface area (Å²) in [6.45, 7) is 6.76. The Morgan fingerprint density at radius 3 is 2.66 bits per heavy atom. The average Bonchev–Trinajstić information content (AvgIpc) is 3.25. The Morgan fingerprint density at radius 2 is 1.87 bits per heavy atom. The van der Waals surface area contributed by atoms with Crippen LogP contribution in [0.25, 0.3) is 0 Å². The van der Waals surface area contributed by atoms with E-state index in [-0.39, 0.29) is 24.0 Å². The number of nitrogens with zero attached hydrogens (tertiary/aromatic N) is 2. The number of piperidine rings is 1. The summed E-state index contributed by atoms with van der Waals surface area (Å²) in [5.41, 5.74) is 6.27. The molecule has 7 nitrogen and oxygen atoms in total. The number of hydrogen-bond acceptors (Lipinski definition) is 5. The third-order valence-electron chi connectivity index (χ3n) is 7.85. The highest BCUT2D eigenvalue weighted by Gasteiger charge is 2.38. The van der Waals surface area contributed by atoms with E-state index in [1.54, 1.807) is 4.90 Å². The quantitative estimate of drug-likeness (QED) is 0.477. The first-order valence-corrected chi connectivity index (χ1v) is 13.5. The molecule has 0 bridgehead atoms. The number of anilines is 1. The standard InChI is InChI=1S/C31H34N4O3/c1-21-15-22(12-13-23(21)17-34-19-26(20-34)38-25-8-3-2-4-9-25)16-33-27-10-5-7-24-18-35(31(37)29(24)27)28-11-6-14-32-30(28)36/h2-5,7-10,12-13,15,26,28,33H,6,11,14,16-20H2,1H3,(H,32,36). The van der Waals surface area contributed by atoms with Crippen molar-refractivity contribution in [1.29, 1.82) is 0 Å². The van der Waals surface area contributed by atoms with Crippen molar-refractivity contribution in [3.63, 3.8) is 0 Å². The van der Waals surface area contributed by atoms with Crippen LogP contribution >= 0.6 is 0 Å². The number of hydrogen-bond donors (Lipinski definition) is 2. The van der Waals surface area contributed by atoms with Gasteiger partial charge in [-0.1, -0.05) is 48.5 Å². The van der Waals surface area contributed by atoms with Gasteiger partial charge in [0.2, 0.25) is 5.91 Å². The Labute approximate surface area is 223 Å². The summed E-state index contributed by atoms with van der Waals surface area (Å²) < 4.78 is 6.03. The average molecular weight is 511 g/mol. The zero-order chi connectivity index (χ0) is 26.1. The van der Waals surface area contributed by atoms with E-state index in [9.17, 15) is 9.59 Å². The third-order valence-corrected chi connectivity index (χ3v) is 7.85. The number of carbonyl (C=O) groups is 2. The minimum Gasteiger partial charge on any atom is -0.488 e. The summed E-state index contributed by atoms with van der Waals surface area (Å²) >= 11 is 0. The van der Waals surface area contributed by atoms with Crippen molar-refractivity contribution < 1.29 is 14.3 Å². The molecule has 3 aromatic carbocycles. The molecule has 2 N–H and O–H groups in total. The van der Waals surface area contributed by atoms with Gasteiger partial charge in [0.05, 0.1) is 5.56 Å². The normalized spacial score (nSPS) is 19.6. The molecule has 38 heavy (non-hydrogen) atoms. The lowest BCUT2D eigenvalue weighted by Crippen LogP contribution is -2.53. The highest BCUT2D eigenvalue weighted by molar-refractivity contribution is 6.05. The van der Waals surface area contributed by atoms with Gasteiger partial charge in [0.1, 0.15) is 17.9 Å². The second-order valence-electron chi connectivity index (χ2n) is 10.6. The van der Waals surface area contributed by atoms with Crippen molar-refractivity contribution in [2.75, 3.05) is 25.0 Å². The molecule has 6 rings (SSSR count). The van der Waals surface area contributed by atoms with Gasteiger partial charge in [0.25, 0.3) is 5.91 Å². The molecule has 3 aliphatic heterocycles. The molecule has 7 heteroatoms. The summed E-state index contributed by atoms with van der Waals surface area (Å²) in [4.78, 5) is 29.8. The molecule has 0 radical (unpaired) electrons. The van der Waals surface area contributed by atoms with Crippen molar-refractivity contribution >= 4 is 17.5 Å². The fourth-order valence-electron chi connectivity index (χ4n) is 5.74. The molecule has 1 atom stereocenters. The molecule has 0 spiro atoms. The number of nitrogens with one attached hydrogen (secondary N) is 2. The van der Waals surface area contributed by atoms with Crippen LogP contribution in [0.4, 0.5) is 5.69 Å². The van der Waals surface area contributed by atoms with E-state index in [1.807, 2.05) is 48.5 Å². The van der Waals surface area contributed by atoms with E-state index in [0.29, 0.717) is 25.2 Å². The molecule has 3 aliphatic rings. The van der Waals surface area contributed by atoms with Gasteiger partial charge < -0.3 is 20.3 Å². The van der Waals surface area contributed by atoms with E-state index >= 15 is 0 Å². The monoisotopic (exact) mass is 510 g/mol. The third kappa shape index (κ3) is 4.98. The zero-order valence-electron chi connectivity index (χ0n) is 21.8. The predicted molar refractivity (Wildman–Crippen MR) is 147 cm³/mol. The first-order valence-electron chi connectivity index (χ1n) is 13.5. The molecule has 0 aromatic heterocycles. The van der Waals surface area contributed by atoms with Gasteiger partial charge >= 0.3 is 0 Å². The van der Waals surface area contributed by atoms with Crippen LogP contribution in [-0.4, -0.2) is 53.4 Å². The molecule has 2 fully saturated rings. The molecule has 0 aliphatic carbocycles. The maximum atomic E-state index is 13.3. The Balaban J connectivity index is 1.05. The van der Waals surface area contributed by atoms with Crippen LogP contribution in [0.2, 0.25) is 0 Å². The smallest absolute Gasteiger partial charge is 0.257 e. The minimum absolute atomic E-state index is 0.0417. The van der Waals surface area contributed by atoms with Crippen molar-refractivity contribution in [1.82, 2.24) is 15.1 Å². The SMILES string of the molecule is Cc1cc(CNc2cccc3c2C(=O)N(C2CCCNC2=O)C3)ccc1CN1CC(Oc2ccccc2)C1. The van der Waals surface area contributed by atoms with Crippen molar-refractivity contribution in [2.45, 2.75) is 51.5 Å². The highest BCUT2D eigenvalue weighted by Crippen LogP contribution is 2.32. The molecule has 3 aromatic rings. The highest BCUT2D eigenvalue weighted by atomic mass is 16.5. The van der Waals surface area contributed by atoms with Gasteiger partial charge in [-0.3, -0.25) is 14.5 Å². The van der Waals surface area contributed by atoms with Gasteiger partial charge in [-0.25, -0.2) is 0 Å². The van der Waals surface area contributed by atoms with E-state index in [2.05, 4.69) is 40.7 Å². The molecular formula is C31H34N4O3. The lowest BCUT2D eigenvalue weighted by molar-refractivity contribution is -0.127. The van der Waals surface area contributed by atoms with Gasteiger partial charge in [-0.2, -0.15) is 0 Å². The van der Waals surface area contributed by atoms with Crippen LogP contribution in [0, 0.1) is 6.92 Å². The van der Waals surface area contributed by atoms with Crippen LogP contribution in [0.5, 0.6) is 5.75 Å². The Morgan fingerprint density at radius 1 is 1.03 bits per heavy atom. The Kier molecular flexibility index (Phi) is 6.77. The summed E-state index contributed by atoms with van der Waals surface area (Å²) in [6.07, 6.45) is 1.87. The number of fused-ring (bicyclic) bond motifs is 1. The number of para-hydroxylation sites is 1. The lowest BCUT2D eigenvalue weighted by Gasteiger charge is -2.39. The molecule has 196 valence electrons. The largest absolute Gasteiger partial charge is 0.488 e. The van der Waals surface area contributed by atoms with Crippen molar-refractivity contribution in [3.8, 4) is 5.75 Å². The number of likely N-dealkylation sites (tertiary alicyclic amines) is 1. The number of rotatable bonds is 8. The van der Waals surface area contributed by atoms with Crippen LogP contribution in [0.3, 0.4) is 0 Å². The molecular weight excluding hydrogens is 476 g/mol. The van der Waals surface area contributed by atoms with Gasteiger partial charge in [-0.05, 0) is 60.2 Å². The topological polar surface area (TPSA) is 73.9 Å². The predicted octanol–water partition coefficient (Wildman–Crippen LogP) is 4.10. The first kappa shape index (κ1) is 24.5. The fourth-order valence-corrected chi connectivity index (χ4v) is 5.74. The second kappa shape index (κ2) is 10.5. The number of aryl methyl sites for hydroxylation is 1. The molecule has 2 saturated heterocycles. The number of amides is 2. The maximum Gasteiger partial charge on any atom is 0.257 e. The van der Waals surface area contributed by atoms with E-state index in [1.165, 1.54) is 16.7 Å². The van der Waals surface area contributed by atoms with Crippen LogP contribution in [0.1, 0.15) is 45.5 Å². The Bertz CT molecular complexity index is 1340. The molecule has 1 unspecified atom stereocenters. The zero-order valence-corrected chi connectivity index (χ0v) is 21.8. The fraction of sp³-hybridized carbons (Fsp3) is 0.355. The van der Waals surface area contributed by atoms with Gasteiger partial charge in [-0.15, -0.1) is 0 Å². The van der Waals surface area contributed by atoms with E-state index in [0.717, 1.165) is 49.5 Å². The number of ether oxygens (including phenoxy) is 1. The van der Waals surface area contributed by atoms with Crippen molar-refractivity contribution in [3.05, 3.63) is 94.5 Å². The maximum absolute atomic E-state index is 13.3. The number of carbonyl (C=O) groups excluding carboxylic acids is 2. The summed E-state index contributed by atoms with van der Waals surface area (Å²) in [7, 11) is 0. The molecule has 2 amide bonds. The van der Waals surface area contributed by atoms with Gasteiger partial charge in [0.15, 0.2) is 0 Å². The molecule has 0 saturated carbocycles. The van der Waals surface area contributed by atoms with E-state index in [4.69, 9.17) is 4.74 Å². The minimum atomic E-state index is -0.377. The van der Waals surface area contributed by atoms with Crippen molar-refractivity contribution in [2.24, 2.45) is 0 Å². The van der Waals surface area contributed by atoms with Crippen LogP contribution < -0.4 is 15.4 Å². The summed E-state index contributed by atoms with van der Waals surface area (Å²) in [6, 6.07) is 22.2. The van der Waals surface area contributed by atoms with Crippen LogP contribution in [0.15, 0.2) is 66.7 Å². The number of benzene rings is 3.